The lowest BCUT2D eigenvalue weighted by Crippen LogP contribution is -2.38. The number of hydrogen-bond donors (Lipinski definition) is 1. The van der Waals surface area contributed by atoms with E-state index >= 15 is 0 Å². The summed E-state index contributed by atoms with van der Waals surface area (Å²) in [6.07, 6.45) is 6.70. The Morgan fingerprint density at radius 3 is 2.38 bits per heavy atom. The fourth-order valence-electron chi connectivity index (χ4n) is 2.42. The lowest BCUT2D eigenvalue weighted by Gasteiger charge is -2.20. The maximum absolute atomic E-state index is 12.1. The lowest BCUT2D eigenvalue weighted by atomic mass is 10.1. The van der Waals surface area contributed by atoms with Gasteiger partial charge in [0.15, 0.2) is 0 Å². The van der Waals surface area contributed by atoms with Crippen LogP contribution >= 0.6 is 0 Å². The molecular formula is C18H29NO2. The number of hydrogen-bond acceptors (Lipinski definition) is 2. The van der Waals surface area contributed by atoms with Gasteiger partial charge in [-0.2, -0.15) is 0 Å². The van der Waals surface area contributed by atoms with Crippen LogP contribution in [0.25, 0.3) is 0 Å². The molecule has 0 aliphatic rings. The number of likely N-dealkylation sites (N-methyl/N-ethyl adjacent to an activating group) is 1. The first kappa shape index (κ1) is 17.7. The lowest BCUT2D eigenvalue weighted by molar-refractivity contribution is -0.138. The topological polar surface area (TPSA) is 40.5 Å². The average Bonchev–Trinajstić information content (AvgIpc) is 2.50. The van der Waals surface area contributed by atoms with Crippen LogP contribution in [0.4, 0.5) is 0 Å². The Hall–Kier alpha value is -1.35. The third kappa shape index (κ3) is 7.28. The van der Waals surface area contributed by atoms with Gasteiger partial charge in [0.25, 0.3) is 5.91 Å². The number of aliphatic hydroxyl groups excluding tert-OH is 1. The van der Waals surface area contributed by atoms with Crippen LogP contribution in [-0.2, 0) is 11.2 Å². The maximum Gasteiger partial charge on any atom is 0.251 e. The van der Waals surface area contributed by atoms with Crippen molar-refractivity contribution in [2.45, 2.75) is 58.0 Å². The summed E-state index contributed by atoms with van der Waals surface area (Å²) >= 11 is 0. The Morgan fingerprint density at radius 1 is 1.10 bits per heavy atom. The van der Waals surface area contributed by atoms with Crippen molar-refractivity contribution >= 4 is 5.91 Å². The molecule has 0 spiro atoms. The molecule has 1 atom stereocenters. The smallest absolute Gasteiger partial charge is 0.251 e. The molecule has 0 aliphatic heterocycles. The van der Waals surface area contributed by atoms with Gasteiger partial charge in [0.05, 0.1) is 0 Å². The van der Waals surface area contributed by atoms with E-state index in [0.29, 0.717) is 6.42 Å². The molecule has 1 unspecified atom stereocenters. The highest BCUT2D eigenvalue weighted by Gasteiger charge is 2.19. The van der Waals surface area contributed by atoms with Gasteiger partial charge in [-0.25, -0.2) is 0 Å². The van der Waals surface area contributed by atoms with Gasteiger partial charge in [-0.1, -0.05) is 69.4 Å². The van der Waals surface area contributed by atoms with Crippen molar-refractivity contribution in [2.75, 3.05) is 13.6 Å². The predicted molar refractivity (Wildman–Crippen MR) is 87.2 cm³/mol. The van der Waals surface area contributed by atoms with Crippen molar-refractivity contribution < 1.29 is 9.90 Å². The van der Waals surface area contributed by atoms with Crippen LogP contribution < -0.4 is 0 Å². The molecule has 0 aromatic heterocycles. The van der Waals surface area contributed by atoms with Crippen molar-refractivity contribution in [1.82, 2.24) is 4.90 Å². The van der Waals surface area contributed by atoms with E-state index in [0.717, 1.165) is 24.9 Å². The molecule has 1 aromatic carbocycles. The Bertz CT molecular complexity index is 391. The van der Waals surface area contributed by atoms with Gasteiger partial charge in [0, 0.05) is 20.0 Å². The van der Waals surface area contributed by atoms with E-state index in [4.69, 9.17) is 0 Å². The van der Waals surface area contributed by atoms with Gasteiger partial charge in [-0.05, 0) is 12.0 Å². The number of nitrogens with zero attached hydrogens (tertiary/aromatic N) is 1. The van der Waals surface area contributed by atoms with E-state index in [2.05, 4.69) is 6.92 Å². The van der Waals surface area contributed by atoms with E-state index in [1.165, 1.54) is 25.7 Å². The van der Waals surface area contributed by atoms with E-state index in [9.17, 15) is 9.90 Å². The first-order valence-electron chi connectivity index (χ1n) is 8.12. The molecule has 3 heteroatoms. The number of carbonyl (C=O) groups is 1. The molecule has 1 rings (SSSR count). The molecule has 21 heavy (non-hydrogen) atoms. The second-order valence-corrected chi connectivity index (χ2v) is 5.73. The molecule has 1 N–H and O–H groups in total. The fourth-order valence-corrected chi connectivity index (χ4v) is 2.42. The molecule has 0 bridgehead atoms. The molecule has 0 radical (unpaired) electrons. The standard InChI is InChI=1S/C18H29NO2/c1-3-4-5-6-7-11-14-19(2)18(21)17(20)15-16-12-9-8-10-13-16/h8-10,12-13,17,20H,3-7,11,14-15H2,1-2H3. The molecule has 0 fully saturated rings. The summed E-state index contributed by atoms with van der Waals surface area (Å²) < 4.78 is 0. The first-order chi connectivity index (χ1) is 10.1. The normalized spacial score (nSPS) is 12.1. The van der Waals surface area contributed by atoms with E-state index in [1.54, 1.807) is 11.9 Å². The fraction of sp³-hybridized carbons (Fsp3) is 0.611. The van der Waals surface area contributed by atoms with Crippen LogP contribution in [0.2, 0.25) is 0 Å². The predicted octanol–water partition coefficient (Wildman–Crippen LogP) is 3.41. The van der Waals surface area contributed by atoms with Crippen LogP contribution in [0.1, 0.15) is 51.0 Å². The molecular weight excluding hydrogens is 262 g/mol. The van der Waals surface area contributed by atoms with Crippen LogP contribution in [-0.4, -0.2) is 35.6 Å². The summed E-state index contributed by atoms with van der Waals surface area (Å²) in [5.74, 6) is -0.174. The molecule has 0 saturated carbocycles. The Labute approximate surface area is 129 Å². The second-order valence-electron chi connectivity index (χ2n) is 5.73. The van der Waals surface area contributed by atoms with E-state index < -0.39 is 6.10 Å². The number of benzene rings is 1. The molecule has 1 aromatic rings. The van der Waals surface area contributed by atoms with Crippen molar-refractivity contribution in [2.24, 2.45) is 0 Å². The Kier molecular flexibility index (Phi) is 8.76. The Morgan fingerprint density at radius 2 is 1.71 bits per heavy atom. The highest BCUT2D eigenvalue weighted by atomic mass is 16.3. The number of unbranched alkanes of at least 4 members (excludes halogenated alkanes) is 5. The van der Waals surface area contributed by atoms with Gasteiger partial charge in [-0.3, -0.25) is 4.79 Å². The third-order valence-electron chi connectivity index (χ3n) is 3.78. The molecule has 3 nitrogen and oxygen atoms in total. The maximum atomic E-state index is 12.1. The molecule has 0 aliphatic carbocycles. The number of carbonyl (C=O) groups excluding carboxylic acids is 1. The van der Waals surface area contributed by atoms with Gasteiger partial charge < -0.3 is 10.0 Å². The van der Waals surface area contributed by atoms with Crippen molar-refractivity contribution in [3.63, 3.8) is 0 Å². The second kappa shape index (κ2) is 10.4. The summed E-state index contributed by atoms with van der Waals surface area (Å²) in [7, 11) is 1.78. The van der Waals surface area contributed by atoms with Gasteiger partial charge in [0.1, 0.15) is 6.10 Å². The molecule has 118 valence electrons. The molecule has 1 amide bonds. The van der Waals surface area contributed by atoms with Crippen molar-refractivity contribution in [3.8, 4) is 0 Å². The summed E-state index contributed by atoms with van der Waals surface area (Å²) in [6.45, 7) is 2.94. The number of aliphatic hydroxyl groups is 1. The summed E-state index contributed by atoms with van der Waals surface area (Å²) in [6, 6.07) is 9.65. The van der Waals surface area contributed by atoms with Crippen LogP contribution in [0.5, 0.6) is 0 Å². The van der Waals surface area contributed by atoms with Gasteiger partial charge in [0.2, 0.25) is 0 Å². The van der Waals surface area contributed by atoms with Crippen LogP contribution in [0.15, 0.2) is 30.3 Å². The van der Waals surface area contributed by atoms with Gasteiger partial charge >= 0.3 is 0 Å². The largest absolute Gasteiger partial charge is 0.383 e. The highest BCUT2D eigenvalue weighted by molar-refractivity contribution is 5.80. The first-order valence-corrected chi connectivity index (χ1v) is 8.12. The zero-order valence-corrected chi connectivity index (χ0v) is 13.4. The third-order valence-corrected chi connectivity index (χ3v) is 3.78. The Balaban J connectivity index is 2.23. The van der Waals surface area contributed by atoms with Crippen LogP contribution in [0.3, 0.4) is 0 Å². The average molecular weight is 291 g/mol. The monoisotopic (exact) mass is 291 g/mol. The quantitative estimate of drug-likeness (QED) is 0.671. The number of amides is 1. The molecule has 0 saturated heterocycles. The van der Waals surface area contributed by atoms with Gasteiger partial charge in [-0.15, -0.1) is 0 Å². The number of rotatable bonds is 10. The SMILES string of the molecule is CCCCCCCCN(C)C(=O)C(O)Cc1ccccc1. The zero-order chi connectivity index (χ0) is 15.5. The van der Waals surface area contributed by atoms with Crippen LogP contribution in [0, 0.1) is 0 Å². The minimum atomic E-state index is -0.933. The minimum Gasteiger partial charge on any atom is -0.383 e. The minimum absolute atomic E-state index is 0.174. The summed E-state index contributed by atoms with van der Waals surface area (Å²) in [4.78, 5) is 13.7. The zero-order valence-electron chi connectivity index (χ0n) is 13.4. The van der Waals surface area contributed by atoms with Crippen molar-refractivity contribution in [1.29, 1.82) is 0 Å². The van der Waals surface area contributed by atoms with Crippen molar-refractivity contribution in [3.05, 3.63) is 35.9 Å². The highest BCUT2D eigenvalue weighted by Crippen LogP contribution is 2.08. The van der Waals surface area contributed by atoms with E-state index in [-0.39, 0.29) is 5.91 Å². The van der Waals surface area contributed by atoms with E-state index in [1.807, 2.05) is 30.3 Å². The summed E-state index contributed by atoms with van der Waals surface area (Å²) in [5, 5.41) is 10.0. The summed E-state index contributed by atoms with van der Waals surface area (Å²) in [5.41, 5.74) is 0.992. The molecule has 0 heterocycles.